The maximum Gasteiger partial charge on any atom is 0.470 e. The first kappa shape index (κ1) is 18.5. The third-order valence-electron chi connectivity index (χ3n) is 0.881. The minimum absolute atomic E-state index is 0.920. The largest absolute Gasteiger partial charge is 0.833 e. The van der Waals surface area contributed by atoms with Gasteiger partial charge in [0, 0.05) is 14.2 Å². The van der Waals surface area contributed by atoms with E-state index in [4.69, 9.17) is 4.89 Å². The van der Waals surface area contributed by atoms with Crippen LogP contribution in [0.3, 0.4) is 0 Å². The van der Waals surface area contributed by atoms with Gasteiger partial charge in [0.2, 0.25) is 0 Å². The summed E-state index contributed by atoms with van der Waals surface area (Å²) in [7, 11) is -6.32. The molecule has 0 aliphatic carbocycles. The molecule has 0 aliphatic heterocycles. The molecule has 12 heteroatoms. The van der Waals surface area contributed by atoms with E-state index in [0.29, 0.717) is 0 Å². The average Bonchev–Trinajstić information content (AvgIpc) is 2.19. The first-order valence-electron chi connectivity index (χ1n) is 3.45. The molecule has 0 bridgehead atoms. The Hall–Kier alpha value is 0.140. The summed E-state index contributed by atoms with van der Waals surface area (Å²) in [5.74, 6) is 0. The van der Waals surface area contributed by atoms with Crippen LogP contribution in [0.2, 0.25) is 0 Å². The monoisotopic (exact) mass is 281 g/mol. The highest BCUT2D eigenvalue weighted by molar-refractivity contribution is 7.47. The fourth-order valence-electron chi connectivity index (χ4n) is 0.237. The van der Waals surface area contributed by atoms with Gasteiger partial charge in [-0.2, -0.15) is 0 Å². The van der Waals surface area contributed by atoms with Crippen molar-refractivity contribution >= 4 is 15.6 Å². The zero-order valence-electron chi connectivity index (χ0n) is 8.43. The minimum Gasteiger partial charge on any atom is -0.833 e. The van der Waals surface area contributed by atoms with Gasteiger partial charge in [-0.15, -0.1) is 0 Å². The second-order valence-corrected chi connectivity index (χ2v) is 4.85. The molecule has 0 aromatic heterocycles. The van der Waals surface area contributed by atoms with Crippen molar-refractivity contribution in [2.24, 2.45) is 0 Å². The van der Waals surface area contributed by atoms with Crippen molar-refractivity contribution in [2.75, 3.05) is 27.8 Å². The molecule has 0 amide bonds. The second-order valence-electron chi connectivity index (χ2n) is 1.77. The molecule has 16 heavy (non-hydrogen) atoms. The molecule has 0 aliphatic rings. The zero-order chi connectivity index (χ0) is 13.2. The molecule has 0 saturated heterocycles. The number of hydrogen-bond donors (Lipinski definition) is 1. The molecule has 0 saturated carbocycles. The van der Waals surface area contributed by atoms with Crippen molar-refractivity contribution < 1.29 is 47.2 Å². The minimum atomic E-state index is -4.24. The standard InChI is InChI=1S/2C2H6O5P/c2*1-6-8(4,5)7-2-3/h2*2H2,1H3,(H,4,5)/q2*-1/p-1. The summed E-state index contributed by atoms with van der Waals surface area (Å²) < 4.78 is 35.0. The van der Waals surface area contributed by atoms with Crippen molar-refractivity contribution in [1.82, 2.24) is 0 Å². The van der Waals surface area contributed by atoms with E-state index in [1.165, 1.54) is 0 Å². The van der Waals surface area contributed by atoms with E-state index < -0.39 is 29.2 Å². The summed E-state index contributed by atoms with van der Waals surface area (Å²) in [4.78, 5) is 18.2. The number of phosphoric acid groups is 2. The van der Waals surface area contributed by atoms with Gasteiger partial charge in [-0.05, 0) is 13.6 Å². The molecule has 0 radical (unpaired) electrons. The van der Waals surface area contributed by atoms with Crippen LogP contribution < -0.4 is 15.1 Å². The van der Waals surface area contributed by atoms with Gasteiger partial charge in [0.05, 0.1) is 0 Å². The van der Waals surface area contributed by atoms with Crippen molar-refractivity contribution in [1.29, 1.82) is 0 Å². The van der Waals surface area contributed by atoms with Gasteiger partial charge in [0.15, 0.2) is 0 Å². The summed E-state index contributed by atoms with van der Waals surface area (Å²) in [6.45, 7) is -2.20. The lowest BCUT2D eigenvalue weighted by Gasteiger charge is -2.21. The highest BCUT2D eigenvalue weighted by Crippen LogP contribution is 2.40. The maximum absolute atomic E-state index is 10.1. The summed E-state index contributed by atoms with van der Waals surface area (Å²) in [6, 6.07) is 0. The fourth-order valence-corrected chi connectivity index (χ4v) is 0.710. The van der Waals surface area contributed by atoms with E-state index in [1.54, 1.807) is 0 Å². The van der Waals surface area contributed by atoms with E-state index in [9.17, 15) is 24.2 Å². The normalized spacial score (nSPS) is 17.9. The van der Waals surface area contributed by atoms with Crippen molar-refractivity contribution in [3.63, 3.8) is 0 Å². The van der Waals surface area contributed by atoms with Gasteiger partial charge in [0.1, 0.15) is 0 Å². The molecule has 1 N–H and O–H groups in total. The lowest BCUT2D eigenvalue weighted by molar-refractivity contribution is -0.422. The molecule has 0 rings (SSSR count). The number of phosphoric ester groups is 2. The average molecular weight is 281 g/mol. The Labute approximate surface area is 91.6 Å². The molecule has 0 spiro atoms. The summed E-state index contributed by atoms with van der Waals surface area (Å²) in [5, 5.41) is 18.9. The summed E-state index contributed by atoms with van der Waals surface area (Å²) >= 11 is 0. The Morgan fingerprint density at radius 1 is 1.06 bits per heavy atom. The van der Waals surface area contributed by atoms with E-state index in [2.05, 4.69) is 18.1 Å². The van der Waals surface area contributed by atoms with Gasteiger partial charge in [-0.1, -0.05) is 0 Å². The fraction of sp³-hybridized carbons (Fsp3) is 1.00. The van der Waals surface area contributed by atoms with Crippen LogP contribution in [0.1, 0.15) is 0 Å². The second kappa shape index (κ2) is 9.20. The van der Waals surface area contributed by atoms with Crippen LogP contribution >= 0.6 is 15.6 Å². The Kier molecular flexibility index (Phi) is 10.6. The van der Waals surface area contributed by atoms with Gasteiger partial charge in [0.25, 0.3) is 7.82 Å². The molecule has 0 aromatic rings. The van der Waals surface area contributed by atoms with E-state index in [0.717, 1.165) is 14.2 Å². The van der Waals surface area contributed by atoms with Crippen LogP contribution in [-0.2, 0) is 27.2 Å². The van der Waals surface area contributed by atoms with Crippen LogP contribution in [-0.4, -0.2) is 32.7 Å². The van der Waals surface area contributed by atoms with Gasteiger partial charge in [-0.25, -0.2) is 4.57 Å². The molecular weight excluding hydrogens is 270 g/mol. The lowest BCUT2D eigenvalue weighted by atomic mass is 11.6. The SMILES string of the molecule is COP(=O)(O)OC[O-].COP(=O)([O-])OC[O-]. The quantitative estimate of drug-likeness (QED) is 0.407. The van der Waals surface area contributed by atoms with Crippen molar-refractivity contribution in [3.8, 4) is 0 Å². The first-order chi connectivity index (χ1) is 7.24. The molecule has 2 unspecified atom stereocenters. The van der Waals surface area contributed by atoms with Gasteiger partial charge < -0.3 is 33.6 Å². The third kappa shape index (κ3) is 12.2. The third-order valence-corrected chi connectivity index (χ3v) is 2.64. The van der Waals surface area contributed by atoms with Gasteiger partial charge in [-0.3, -0.25) is 9.09 Å². The summed E-state index contributed by atoms with van der Waals surface area (Å²) in [5.41, 5.74) is 0. The van der Waals surface area contributed by atoms with Crippen LogP contribution in [0, 0.1) is 0 Å². The Morgan fingerprint density at radius 3 is 1.62 bits per heavy atom. The topological polar surface area (TPSA) is 160 Å². The van der Waals surface area contributed by atoms with Gasteiger partial charge >= 0.3 is 7.82 Å². The molecule has 100 valence electrons. The predicted octanol–water partition coefficient (Wildman–Crippen LogP) is -2.50. The first-order valence-corrected chi connectivity index (χ1v) is 6.41. The Balaban J connectivity index is 0. The zero-order valence-corrected chi connectivity index (χ0v) is 10.2. The van der Waals surface area contributed by atoms with E-state index in [1.807, 2.05) is 0 Å². The Bertz CT molecular complexity index is 227. The molecule has 2 atom stereocenters. The van der Waals surface area contributed by atoms with Crippen LogP contribution in [0.4, 0.5) is 0 Å². The maximum atomic E-state index is 10.1. The summed E-state index contributed by atoms with van der Waals surface area (Å²) in [6.07, 6.45) is 0. The molecule has 0 fully saturated rings. The predicted molar refractivity (Wildman–Crippen MR) is 43.4 cm³/mol. The lowest BCUT2D eigenvalue weighted by Crippen LogP contribution is -2.14. The molecule has 0 aromatic carbocycles. The van der Waals surface area contributed by atoms with E-state index in [-0.39, 0.29) is 0 Å². The highest BCUT2D eigenvalue weighted by atomic mass is 31.2. The molecule has 0 heterocycles. The number of hydrogen-bond acceptors (Lipinski definition) is 9. The van der Waals surface area contributed by atoms with Crippen LogP contribution in [0.15, 0.2) is 0 Å². The van der Waals surface area contributed by atoms with Crippen LogP contribution in [0.25, 0.3) is 0 Å². The number of rotatable bonds is 6. The van der Waals surface area contributed by atoms with E-state index >= 15 is 0 Å². The molecule has 10 nitrogen and oxygen atoms in total. The van der Waals surface area contributed by atoms with Crippen LogP contribution in [0.5, 0.6) is 0 Å². The highest BCUT2D eigenvalue weighted by Gasteiger charge is 2.14. The van der Waals surface area contributed by atoms with Crippen molar-refractivity contribution in [2.45, 2.75) is 0 Å². The molecular formula is C4H11O10P2-3. The smallest absolute Gasteiger partial charge is 0.470 e. The Morgan fingerprint density at radius 2 is 1.50 bits per heavy atom. The van der Waals surface area contributed by atoms with Crippen molar-refractivity contribution in [3.05, 3.63) is 0 Å².